The first kappa shape index (κ1) is 18.1. The molecule has 1 saturated heterocycles. The van der Waals surface area contributed by atoms with Gasteiger partial charge in [-0.3, -0.25) is 4.79 Å². The topological polar surface area (TPSA) is 71.0 Å². The number of amides is 1. The first-order valence-electron chi connectivity index (χ1n) is 8.93. The number of ether oxygens (including phenoxy) is 2. The summed E-state index contributed by atoms with van der Waals surface area (Å²) < 4.78 is 11.7. The lowest BCUT2D eigenvalue weighted by Crippen LogP contribution is -2.46. The third-order valence-corrected chi connectivity index (χ3v) is 5.73. The lowest BCUT2D eigenvalue weighted by atomic mass is 10.0. The molecule has 0 bridgehead atoms. The molecule has 0 radical (unpaired) electrons. The van der Waals surface area contributed by atoms with Crippen LogP contribution in [0.4, 0.5) is 5.69 Å². The number of methoxy groups -OCH3 is 1. The third-order valence-electron chi connectivity index (χ3n) is 5.04. The third kappa shape index (κ3) is 3.37. The molecule has 142 valence electrons. The van der Waals surface area contributed by atoms with Crippen LogP contribution in [0.1, 0.15) is 34.9 Å². The van der Waals surface area contributed by atoms with E-state index < -0.39 is 6.17 Å². The van der Waals surface area contributed by atoms with Gasteiger partial charge in [-0.2, -0.15) is 0 Å². The Morgan fingerprint density at radius 1 is 1.37 bits per heavy atom. The fourth-order valence-corrected chi connectivity index (χ4v) is 4.21. The number of benzene rings is 2. The second-order valence-electron chi connectivity index (χ2n) is 6.73. The lowest BCUT2D eigenvalue weighted by molar-refractivity contribution is 0.0426. The molecule has 2 aliphatic rings. The smallest absolute Gasteiger partial charge is 0.257 e. The highest BCUT2D eigenvalue weighted by molar-refractivity contribution is 9.10. The SMILES string of the molecule is COc1cc([C@@H]2Nc3ccccc3C(=O)N2C[C@@H]2CCCO2)c(Br)cc1O. The fraction of sp³-hybridized carbons (Fsp3) is 0.350. The van der Waals surface area contributed by atoms with Gasteiger partial charge in [0.25, 0.3) is 5.91 Å². The van der Waals surface area contributed by atoms with E-state index in [1.165, 1.54) is 7.11 Å². The molecule has 0 aliphatic carbocycles. The van der Waals surface area contributed by atoms with Crippen molar-refractivity contribution in [2.24, 2.45) is 0 Å². The van der Waals surface area contributed by atoms with Crippen molar-refractivity contribution in [2.75, 3.05) is 25.6 Å². The highest BCUT2D eigenvalue weighted by atomic mass is 79.9. The number of hydrogen-bond donors (Lipinski definition) is 2. The fourth-order valence-electron chi connectivity index (χ4n) is 3.67. The molecule has 7 heteroatoms. The highest BCUT2D eigenvalue weighted by Gasteiger charge is 2.36. The Morgan fingerprint density at radius 3 is 2.93 bits per heavy atom. The van der Waals surface area contributed by atoms with E-state index in [0.717, 1.165) is 30.7 Å². The molecule has 2 heterocycles. The zero-order chi connectivity index (χ0) is 19.0. The van der Waals surface area contributed by atoms with Crippen LogP contribution in [-0.2, 0) is 4.74 Å². The summed E-state index contributed by atoms with van der Waals surface area (Å²) in [6.45, 7) is 1.23. The number of fused-ring (bicyclic) bond motifs is 1. The Balaban J connectivity index is 1.77. The van der Waals surface area contributed by atoms with Gasteiger partial charge in [0.05, 0.1) is 18.8 Å². The molecule has 0 unspecified atom stereocenters. The first-order valence-corrected chi connectivity index (χ1v) is 9.72. The number of para-hydroxylation sites is 1. The Hall–Kier alpha value is -2.25. The van der Waals surface area contributed by atoms with Crippen molar-refractivity contribution in [2.45, 2.75) is 25.1 Å². The van der Waals surface area contributed by atoms with Gasteiger partial charge in [-0.15, -0.1) is 0 Å². The molecule has 2 aliphatic heterocycles. The quantitative estimate of drug-likeness (QED) is 0.765. The summed E-state index contributed by atoms with van der Waals surface area (Å²) in [4.78, 5) is 15.1. The van der Waals surface area contributed by atoms with Crippen molar-refractivity contribution < 1.29 is 19.4 Å². The molecule has 0 aromatic heterocycles. The second-order valence-corrected chi connectivity index (χ2v) is 7.58. The average Bonchev–Trinajstić information content (AvgIpc) is 3.17. The summed E-state index contributed by atoms with van der Waals surface area (Å²) in [5, 5.41) is 13.5. The van der Waals surface area contributed by atoms with Crippen molar-refractivity contribution in [3.05, 3.63) is 52.0 Å². The van der Waals surface area contributed by atoms with Crippen LogP contribution in [0.2, 0.25) is 0 Å². The standard InChI is InChI=1S/C20H21BrN2O4/c1-26-18-9-14(15(21)10-17(18)24)19-22-16-7-3-2-6-13(16)20(25)23(19)11-12-5-4-8-27-12/h2-3,6-7,9-10,12,19,22,24H,4-5,8,11H2,1H3/t12-,19+/m0/s1. The number of anilines is 1. The lowest BCUT2D eigenvalue weighted by Gasteiger charge is -2.39. The van der Waals surface area contributed by atoms with Gasteiger partial charge in [0, 0.05) is 28.9 Å². The van der Waals surface area contributed by atoms with Crippen molar-refractivity contribution in [3.63, 3.8) is 0 Å². The van der Waals surface area contributed by atoms with E-state index in [2.05, 4.69) is 21.2 Å². The number of carbonyl (C=O) groups is 1. The van der Waals surface area contributed by atoms with Crippen LogP contribution in [0.3, 0.4) is 0 Å². The van der Waals surface area contributed by atoms with Crippen LogP contribution >= 0.6 is 15.9 Å². The van der Waals surface area contributed by atoms with E-state index in [0.29, 0.717) is 22.3 Å². The maximum atomic E-state index is 13.3. The minimum Gasteiger partial charge on any atom is -0.504 e. The number of carbonyl (C=O) groups excluding carboxylic acids is 1. The Labute approximate surface area is 166 Å². The van der Waals surface area contributed by atoms with Crippen LogP contribution in [0.25, 0.3) is 0 Å². The van der Waals surface area contributed by atoms with Crippen LogP contribution in [0.5, 0.6) is 11.5 Å². The van der Waals surface area contributed by atoms with Crippen molar-refractivity contribution in [3.8, 4) is 11.5 Å². The normalized spacial score (nSPS) is 21.7. The zero-order valence-corrected chi connectivity index (χ0v) is 16.5. The molecule has 2 atom stereocenters. The van der Waals surface area contributed by atoms with E-state index in [1.54, 1.807) is 17.0 Å². The Morgan fingerprint density at radius 2 is 2.19 bits per heavy atom. The van der Waals surface area contributed by atoms with Crippen LogP contribution < -0.4 is 10.1 Å². The van der Waals surface area contributed by atoms with Gasteiger partial charge in [-0.25, -0.2) is 0 Å². The molecule has 6 nitrogen and oxygen atoms in total. The number of aromatic hydroxyl groups is 1. The van der Waals surface area contributed by atoms with Crippen molar-refractivity contribution >= 4 is 27.5 Å². The van der Waals surface area contributed by atoms with E-state index in [9.17, 15) is 9.90 Å². The summed E-state index contributed by atoms with van der Waals surface area (Å²) >= 11 is 3.52. The van der Waals surface area contributed by atoms with Crippen LogP contribution in [0, 0.1) is 0 Å². The number of halogens is 1. The van der Waals surface area contributed by atoms with E-state index in [4.69, 9.17) is 9.47 Å². The molecule has 1 fully saturated rings. The van der Waals surface area contributed by atoms with Gasteiger partial charge >= 0.3 is 0 Å². The average molecular weight is 433 g/mol. The maximum Gasteiger partial charge on any atom is 0.257 e. The number of hydrogen-bond acceptors (Lipinski definition) is 5. The van der Waals surface area contributed by atoms with Crippen LogP contribution in [-0.4, -0.2) is 42.3 Å². The summed E-state index contributed by atoms with van der Waals surface area (Å²) in [6, 6.07) is 10.8. The number of rotatable bonds is 4. The number of phenols is 1. The summed E-state index contributed by atoms with van der Waals surface area (Å²) in [6.07, 6.45) is 1.58. The zero-order valence-electron chi connectivity index (χ0n) is 14.9. The van der Waals surface area contributed by atoms with E-state index >= 15 is 0 Å². The molecule has 2 aromatic rings. The van der Waals surface area contributed by atoms with E-state index in [1.807, 2.05) is 24.3 Å². The maximum absolute atomic E-state index is 13.3. The molecular weight excluding hydrogens is 412 g/mol. The van der Waals surface area contributed by atoms with Gasteiger partial charge in [0.2, 0.25) is 0 Å². The van der Waals surface area contributed by atoms with Gasteiger partial charge in [-0.05, 0) is 37.1 Å². The molecular formula is C20H21BrN2O4. The summed E-state index contributed by atoms with van der Waals surface area (Å²) in [5.74, 6) is 0.364. The van der Waals surface area contributed by atoms with Gasteiger partial charge < -0.3 is 24.8 Å². The van der Waals surface area contributed by atoms with Crippen LogP contribution in [0.15, 0.2) is 40.9 Å². The number of nitrogens with one attached hydrogen (secondary N) is 1. The molecule has 2 aromatic carbocycles. The minimum absolute atomic E-state index is 0.0290. The Kier molecular flexibility index (Phi) is 4.97. The molecule has 4 rings (SSSR count). The van der Waals surface area contributed by atoms with Gasteiger partial charge in [-0.1, -0.05) is 28.1 Å². The molecule has 1 amide bonds. The Bertz CT molecular complexity index is 867. The number of phenolic OH excluding ortho intramolecular Hbond substituents is 1. The summed E-state index contributed by atoms with van der Waals surface area (Å²) in [7, 11) is 1.51. The largest absolute Gasteiger partial charge is 0.504 e. The monoisotopic (exact) mass is 432 g/mol. The molecule has 2 N–H and O–H groups in total. The van der Waals surface area contributed by atoms with Crippen molar-refractivity contribution in [1.82, 2.24) is 4.90 Å². The van der Waals surface area contributed by atoms with Crippen molar-refractivity contribution in [1.29, 1.82) is 0 Å². The molecule has 0 spiro atoms. The molecule has 0 saturated carbocycles. The van der Waals surface area contributed by atoms with Gasteiger partial charge in [0.1, 0.15) is 6.17 Å². The highest BCUT2D eigenvalue weighted by Crippen LogP contribution is 2.40. The summed E-state index contributed by atoms with van der Waals surface area (Å²) in [5.41, 5.74) is 2.24. The predicted molar refractivity (Wildman–Crippen MR) is 105 cm³/mol. The van der Waals surface area contributed by atoms with E-state index in [-0.39, 0.29) is 17.8 Å². The number of nitrogens with zero attached hydrogens (tertiary/aromatic N) is 1. The predicted octanol–water partition coefficient (Wildman–Crippen LogP) is 3.91. The minimum atomic E-state index is -0.402. The first-order chi connectivity index (χ1) is 13.1. The molecule has 27 heavy (non-hydrogen) atoms. The second kappa shape index (κ2) is 7.40. The van der Waals surface area contributed by atoms with Gasteiger partial charge in [0.15, 0.2) is 11.5 Å².